The molecule has 1 aromatic carbocycles. The summed E-state index contributed by atoms with van der Waals surface area (Å²) in [6.07, 6.45) is 1.56. The van der Waals surface area contributed by atoms with Crippen molar-refractivity contribution in [3.63, 3.8) is 0 Å². The molecule has 2 aromatic rings. The lowest BCUT2D eigenvalue weighted by molar-refractivity contribution is 0.305. The van der Waals surface area contributed by atoms with Crippen molar-refractivity contribution in [2.45, 2.75) is 6.61 Å². The van der Waals surface area contributed by atoms with Crippen molar-refractivity contribution in [1.82, 2.24) is 4.98 Å². The van der Waals surface area contributed by atoms with Crippen LogP contribution in [-0.4, -0.2) is 4.98 Å². The number of nitriles is 1. The Balaban J connectivity index is 1.97. The number of nitrogens with zero attached hydrogens (tertiary/aromatic N) is 2. The first-order valence-corrected chi connectivity index (χ1v) is 6.12. The Kier molecular flexibility index (Phi) is 3.54. The van der Waals surface area contributed by atoms with Gasteiger partial charge < -0.3 is 4.74 Å². The first kappa shape index (κ1) is 11.1. The van der Waals surface area contributed by atoms with E-state index >= 15 is 0 Å². The number of rotatable bonds is 3. The second-order valence-electron chi connectivity index (χ2n) is 2.97. The maximum absolute atomic E-state index is 8.64. The highest BCUT2D eigenvalue weighted by molar-refractivity contribution is 9.10. The Hall–Kier alpha value is -1.38. The second kappa shape index (κ2) is 5.10. The lowest BCUT2D eigenvalue weighted by Crippen LogP contribution is -1.93. The molecular weight excluding hydrogens is 288 g/mol. The Morgan fingerprint density at radius 1 is 1.38 bits per heavy atom. The van der Waals surface area contributed by atoms with Gasteiger partial charge in [0.2, 0.25) is 0 Å². The molecule has 0 N–H and O–H groups in total. The van der Waals surface area contributed by atoms with E-state index in [0.29, 0.717) is 11.5 Å². The van der Waals surface area contributed by atoms with E-state index in [2.05, 4.69) is 20.9 Å². The molecule has 16 heavy (non-hydrogen) atoms. The topological polar surface area (TPSA) is 45.9 Å². The predicted octanol–water partition coefficient (Wildman–Crippen LogP) is 3.36. The standard InChI is InChI=1S/C11H7BrN2OS/c12-8-1-3-9(4-2-8)15-7-11-14-6-10(5-13)16-11/h1-4,6H,7H2. The van der Waals surface area contributed by atoms with E-state index in [1.807, 2.05) is 30.3 Å². The molecule has 1 aromatic heterocycles. The van der Waals surface area contributed by atoms with Gasteiger partial charge in [-0.05, 0) is 24.3 Å². The van der Waals surface area contributed by atoms with Gasteiger partial charge in [0.05, 0.1) is 6.20 Å². The minimum atomic E-state index is 0.397. The number of benzene rings is 1. The predicted molar refractivity (Wildman–Crippen MR) is 65.3 cm³/mol. The highest BCUT2D eigenvalue weighted by Crippen LogP contribution is 2.18. The smallest absolute Gasteiger partial charge is 0.140 e. The van der Waals surface area contributed by atoms with E-state index in [9.17, 15) is 0 Å². The van der Waals surface area contributed by atoms with Crippen LogP contribution in [0.4, 0.5) is 0 Å². The highest BCUT2D eigenvalue weighted by atomic mass is 79.9. The van der Waals surface area contributed by atoms with Crippen LogP contribution in [-0.2, 0) is 6.61 Å². The monoisotopic (exact) mass is 294 g/mol. The molecule has 0 aliphatic rings. The molecule has 2 rings (SSSR count). The van der Waals surface area contributed by atoms with Gasteiger partial charge in [-0.3, -0.25) is 0 Å². The fourth-order valence-electron chi connectivity index (χ4n) is 1.10. The quantitative estimate of drug-likeness (QED) is 0.872. The molecule has 0 aliphatic heterocycles. The van der Waals surface area contributed by atoms with Crippen LogP contribution in [0, 0.1) is 11.3 Å². The van der Waals surface area contributed by atoms with Crippen molar-refractivity contribution in [1.29, 1.82) is 5.26 Å². The molecule has 0 spiro atoms. The zero-order valence-corrected chi connectivity index (χ0v) is 10.6. The Morgan fingerprint density at radius 3 is 2.75 bits per heavy atom. The van der Waals surface area contributed by atoms with Crippen LogP contribution >= 0.6 is 27.3 Å². The van der Waals surface area contributed by atoms with E-state index in [-0.39, 0.29) is 0 Å². The summed E-state index contributed by atoms with van der Waals surface area (Å²) in [4.78, 5) is 4.69. The normalized spacial score (nSPS) is 9.75. The minimum absolute atomic E-state index is 0.397. The molecule has 0 atom stereocenters. The molecule has 0 amide bonds. The number of thiazole rings is 1. The first-order valence-electron chi connectivity index (χ1n) is 4.51. The van der Waals surface area contributed by atoms with Gasteiger partial charge in [0.1, 0.15) is 28.3 Å². The lowest BCUT2D eigenvalue weighted by Gasteiger charge is -2.03. The average molecular weight is 295 g/mol. The van der Waals surface area contributed by atoms with Crippen LogP contribution in [0.3, 0.4) is 0 Å². The molecule has 0 radical (unpaired) electrons. The van der Waals surface area contributed by atoms with Crippen molar-refractivity contribution in [2.24, 2.45) is 0 Å². The van der Waals surface area contributed by atoms with Crippen LogP contribution in [0.2, 0.25) is 0 Å². The van der Waals surface area contributed by atoms with Gasteiger partial charge in [-0.1, -0.05) is 15.9 Å². The largest absolute Gasteiger partial charge is 0.486 e. The van der Waals surface area contributed by atoms with Crippen LogP contribution in [0.5, 0.6) is 5.75 Å². The van der Waals surface area contributed by atoms with Crippen molar-refractivity contribution in [3.05, 3.63) is 44.8 Å². The van der Waals surface area contributed by atoms with Crippen molar-refractivity contribution in [2.75, 3.05) is 0 Å². The van der Waals surface area contributed by atoms with Crippen molar-refractivity contribution >= 4 is 27.3 Å². The summed E-state index contributed by atoms with van der Waals surface area (Å²) in [7, 11) is 0. The first-order chi connectivity index (χ1) is 7.78. The van der Waals surface area contributed by atoms with Gasteiger partial charge in [0.15, 0.2) is 0 Å². The number of aromatic nitrogens is 1. The van der Waals surface area contributed by atoms with Gasteiger partial charge in [-0.2, -0.15) is 5.26 Å². The SMILES string of the molecule is N#Cc1cnc(COc2ccc(Br)cc2)s1. The summed E-state index contributed by atoms with van der Waals surface area (Å²) in [5.74, 6) is 0.789. The van der Waals surface area contributed by atoms with Crippen LogP contribution in [0.15, 0.2) is 34.9 Å². The lowest BCUT2D eigenvalue weighted by atomic mass is 10.3. The molecule has 0 fully saturated rings. The third-order valence-electron chi connectivity index (χ3n) is 1.84. The van der Waals surface area contributed by atoms with E-state index in [0.717, 1.165) is 15.2 Å². The number of ether oxygens (including phenoxy) is 1. The fourth-order valence-corrected chi connectivity index (χ4v) is 2.00. The summed E-state index contributed by atoms with van der Waals surface area (Å²) >= 11 is 4.70. The molecule has 80 valence electrons. The van der Waals surface area contributed by atoms with Gasteiger partial charge in [0.25, 0.3) is 0 Å². The second-order valence-corrected chi connectivity index (χ2v) is 5.00. The van der Waals surface area contributed by atoms with Gasteiger partial charge >= 0.3 is 0 Å². The maximum Gasteiger partial charge on any atom is 0.140 e. The molecular formula is C11H7BrN2OS. The van der Waals surface area contributed by atoms with E-state index < -0.39 is 0 Å². The maximum atomic E-state index is 8.64. The van der Waals surface area contributed by atoms with Crippen LogP contribution in [0.25, 0.3) is 0 Å². The van der Waals surface area contributed by atoms with Gasteiger partial charge in [-0.25, -0.2) is 4.98 Å². The Bertz CT molecular complexity index is 516. The summed E-state index contributed by atoms with van der Waals surface area (Å²) in [5, 5.41) is 9.45. The van der Waals surface area contributed by atoms with Gasteiger partial charge in [0, 0.05) is 4.47 Å². The molecule has 5 heteroatoms. The Morgan fingerprint density at radius 2 is 2.12 bits per heavy atom. The van der Waals surface area contributed by atoms with E-state index in [1.165, 1.54) is 11.3 Å². The van der Waals surface area contributed by atoms with Crippen LogP contribution in [0.1, 0.15) is 9.88 Å². The van der Waals surface area contributed by atoms with E-state index in [1.54, 1.807) is 6.20 Å². The van der Waals surface area contributed by atoms with Gasteiger partial charge in [-0.15, -0.1) is 11.3 Å². The van der Waals surface area contributed by atoms with Crippen LogP contribution < -0.4 is 4.74 Å². The molecule has 0 aliphatic carbocycles. The molecule has 3 nitrogen and oxygen atoms in total. The summed E-state index contributed by atoms with van der Waals surface area (Å²) in [6.45, 7) is 0.397. The summed E-state index contributed by atoms with van der Waals surface area (Å²) < 4.78 is 6.54. The minimum Gasteiger partial charge on any atom is -0.486 e. The Labute approximate surface area is 105 Å². The third kappa shape index (κ3) is 2.81. The molecule has 0 unspecified atom stereocenters. The summed E-state index contributed by atoms with van der Waals surface area (Å²) in [6, 6.07) is 9.63. The zero-order valence-electron chi connectivity index (χ0n) is 8.18. The fraction of sp³-hybridized carbons (Fsp3) is 0.0909. The zero-order chi connectivity index (χ0) is 11.4. The number of hydrogen-bond acceptors (Lipinski definition) is 4. The number of halogens is 1. The summed E-state index contributed by atoms with van der Waals surface area (Å²) in [5.41, 5.74) is 0. The van der Waals surface area contributed by atoms with Crippen molar-refractivity contribution < 1.29 is 4.74 Å². The molecule has 0 bridgehead atoms. The average Bonchev–Trinajstić information content (AvgIpc) is 2.76. The van der Waals surface area contributed by atoms with Crippen molar-refractivity contribution in [3.8, 4) is 11.8 Å². The molecule has 0 saturated carbocycles. The number of hydrogen-bond donors (Lipinski definition) is 0. The highest BCUT2D eigenvalue weighted by Gasteiger charge is 2.02. The molecule has 1 heterocycles. The molecule has 0 saturated heterocycles. The van der Waals surface area contributed by atoms with E-state index in [4.69, 9.17) is 10.00 Å². The third-order valence-corrected chi connectivity index (χ3v) is 3.24.